The van der Waals surface area contributed by atoms with E-state index in [9.17, 15) is 4.39 Å². The van der Waals surface area contributed by atoms with Crippen LogP contribution in [-0.2, 0) is 0 Å². The summed E-state index contributed by atoms with van der Waals surface area (Å²) >= 11 is 0. The number of anilines is 1. The minimum atomic E-state index is -0.310. The Morgan fingerprint density at radius 3 is 2.79 bits per heavy atom. The zero-order valence-electron chi connectivity index (χ0n) is 18.8. The molecule has 0 radical (unpaired) electrons. The Hall–Kier alpha value is -3.78. The zero-order valence-corrected chi connectivity index (χ0v) is 18.8. The van der Waals surface area contributed by atoms with Gasteiger partial charge in [-0.1, -0.05) is 18.7 Å². The van der Waals surface area contributed by atoms with Gasteiger partial charge in [0.15, 0.2) is 0 Å². The second kappa shape index (κ2) is 8.22. The summed E-state index contributed by atoms with van der Waals surface area (Å²) in [4.78, 5) is 19.3. The van der Waals surface area contributed by atoms with E-state index >= 15 is 0 Å². The fourth-order valence-corrected chi connectivity index (χ4v) is 4.85. The molecule has 1 saturated carbocycles. The summed E-state index contributed by atoms with van der Waals surface area (Å²) < 4.78 is 14.5. The summed E-state index contributed by atoms with van der Waals surface area (Å²) in [6, 6.07) is 6.93. The third-order valence-electron chi connectivity index (χ3n) is 6.69. The molecule has 34 heavy (non-hydrogen) atoms. The Morgan fingerprint density at radius 2 is 2.00 bits per heavy atom. The Labute approximate surface area is 196 Å². The molecule has 4 N–H and O–H groups in total. The summed E-state index contributed by atoms with van der Waals surface area (Å²) in [5, 5.41) is 4.99. The standard InChI is InChI=1S/C26H26FN7/c1-15(17-7-8-31-25-22(17)18-3-2-4-20(27)24(18)33-25)32-26(34-11-9-29-10-12-34)23-19(16-5-6-16)13-30-14-21(23)28/h2-4,7-8,13-14,16,29H,1,5-6,9-12,28H2,(H,31,33). The molecular weight excluding hydrogens is 429 g/mol. The Bertz CT molecular complexity index is 1440. The first-order valence-corrected chi connectivity index (χ1v) is 11.6. The van der Waals surface area contributed by atoms with Gasteiger partial charge >= 0.3 is 0 Å². The molecule has 6 rings (SSSR count). The van der Waals surface area contributed by atoms with Gasteiger partial charge in [0, 0.05) is 60.5 Å². The molecule has 2 aliphatic rings. The topological polar surface area (TPSA) is 95.2 Å². The number of nitrogens with zero attached hydrogens (tertiary/aromatic N) is 4. The lowest BCUT2D eigenvalue weighted by Gasteiger charge is -2.32. The number of nitrogen functional groups attached to an aromatic ring is 1. The normalized spacial score (nSPS) is 17.0. The van der Waals surface area contributed by atoms with Crippen molar-refractivity contribution in [2.75, 3.05) is 31.9 Å². The van der Waals surface area contributed by atoms with E-state index in [4.69, 9.17) is 10.7 Å². The van der Waals surface area contributed by atoms with Crippen molar-refractivity contribution in [3.8, 4) is 0 Å². The van der Waals surface area contributed by atoms with Crippen molar-refractivity contribution in [3.05, 3.63) is 71.9 Å². The van der Waals surface area contributed by atoms with Gasteiger partial charge in [-0.05, 0) is 36.5 Å². The number of aromatic nitrogens is 3. The maximum Gasteiger partial charge on any atom is 0.147 e. The summed E-state index contributed by atoms with van der Waals surface area (Å²) in [6.07, 6.45) is 7.61. The number of piperazine rings is 1. The van der Waals surface area contributed by atoms with Crippen LogP contribution in [0.2, 0.25) is 0 Å². The highest BCUT2D eigenvalue weighted by Crippen LogP contribution is 2.43. The van der Waals surface area contributed by atoms with Crippen LogP contribution >= 0.6 is 0 Å². The molecule has 0 atom stereocenters. The molecule has 1 saturated heterocycles. The van der Waals surface area contributed by atoms with Crippen LogP contribution in [0.15, 0.2) is 54.4 Å². The first-order chi connectivity index (χ1) is 16.6. The van der Waals surface area contributed by atoms with Gasteiger partial charge in [0.05, 0.1) is 23.1 Å². The number of fused-ring (bicyclic) bond motifs is 3. The molecule has 0 amide bonds. The number of hydrogen-bond donors (Lipinski definition) is 3. The average Bonchev–Trinajstić information content (AvgIpc) is 3.63. The van der Waals surface area contributed by atoms with E-state index in [1.807, 2.05) is 18.3 Å². The van der Waals surface area contributed by atoms with Crippen molar-refractivity contribution in [1.82, 2.24) is 25.2 Å². The number of benzene rings is 1. The monoisotopic (exact) mass is 455 g/mol. The Morgan fingerprint density at radius 1 is 1.18 bits per heavy atom. The molecule has 2 fully saturated rings. The van der Waals surface area contributed by atoms with Crippen molar-refractivity contribution >= 4 is 39.2 Å². The summed E-state index contributed by atoms with van der Waals surface area (Å²) in [5.74, 6) is 0.983. The van der Waals surface area contributed by atoms with Crippen LogP contribution in [0.3, 0.4) is 0 Å². The number of aromatic amines is 1. The largest absolute Gasteiger partial charge is 0.397 e. The van der Waals surface area contributed by atoms with Gasteiger partial charge < -0.3 is 20.9 Å². The van der Waals surface area contributed by atoms with Crippen LogP contribution in [0.4, 0.5) is 10.1 Å². The number of aliphatic imine (C=N–C) groups is 1. The van der Waals surface area contributed by atoms with E-state index < -0.39 is 0 Å². The number of halogens is 1. The van der Waals surface area contributed by atoms with Crippen LogP contribution in [0, 0.1) is 5.82 Å². The molecule has 1 aromatic carbocycles. The smallest absolute Gasteiger partial charge is 0.147 e. The van der Waals surface area contributed by atoms with Gasteiger partial charge in [0.1, 0.15) is 17.3 Å². The zero-order chi connectivity index (χ0) is 23.2. The summed E-state index contributed by atoms with van der Waals surface area (Å²) in [5.41, 5.74) is 11.7. The molecule has 1 aliphatic carbocycles. The molecule has 4 aromatic rings. The van der Waals surface area contributed by atoms with Gasteiger partial charge in [0.25, 0.3) is 0 Å². The molecular formula is C26H26FN7. The summed E-state index contributed by atoms with van der Waals surface area (Å²) in [7, 11) is 0. The van der Waals surface area contributed by atoms with Gasteiger partial charge in [-0.3, -0.25) is 4.98 Å². The fraction of sp³-hybridized carbons (Fsp3) is 0.269. The van der Waals surface area contributed by atoms with Crippen molar-refractivity contribution in [3.63, 3.8) is 0 Å². The van der Waals surface area contributed by atoms with Crippen molar-refractivity contribution in [2.45, 2.75) is 18.8 Å². The number of para-hydroxylation sites is 1. The summed E-state index contributed by atoms with van der Waals surface area (Å²) in [6.45, 7) is 7.73. The Kier molecular flexibility index (Phi) is 5.03. The van der Waals surface area contributed by atoms with Gasteiger partial charge in [-0.25, -0.2) is 14.4 Å². The van der Waals surface area contributed by atoms with Gasteiger partial charge in [-0.2, -0.15) is 0 Å². The van der Waals surface area contributed by atoms with Crippen LogP contribution in [0.5, 0.6) is 0 Å². The predicted octanol–water partition coefficient (Wildman–Crippen LogP) is 4.03. The molecule has 4 heterocycles. The number of hydrogen-bond acceptors (Lipinski definition) is 5. The third-order valence-corrected chi connectivity index (χ3v) is 6.69. The number of nitrogens with one attached hydrogen (secondary N) is 2. The number of H-pyrrole nitrogens is 1. The van der Waals surface area contributed by atoms with E-state index in [1.165, 1.54) is 6.07 Å². The van der Waals surface area contributed by atoms with Crippen LogP contribution < -0.4 is 11.1 Å². The highest BCUT2D eigenvalue weighted by atomic mass is 19.1. The highest BCUT2D eigenvalue weighted by molar-refractivity contribution is 6.12. The lowest BCUT2D eigenvalue weighted by atomic mass is 10.0. The van der Waals surface area contributed by atoms with Crippen LogP contribution in [-0.4, -0.2) is 51.9 Å². The maximum atomic E-state index is 14.5. The van der Waals surface area contributed by atoms with E-state index in [0.29, 0.717) is 28.5 Å². The fourth-order valence-electron chi connectivity index (χ4n) is 4.85. The second-order valence-corrected chi connectivity index (χ2v) is 8.96. The molecule has 7 nitrogen and oxygen atoms in total. The molecule has 0 unspecified atom stereocenters. The van der Waals surface area contributed by atoms with E-state index in [0.717, 1.165) is 72.3 Å². The number of amidine groups is 1. The highest BCUT2D eigenvalue weighted by Gasteiger charge is 2.31. The third kappa shape index (κ3) is 3.51. The first-order valence-electron chi connectivity index (χ1n) is 11.6. The van der Waals surface area contributed by atoms with Gasteiger partial charge in [-0.15, -0.1) is 0 Å². The quantitative estimate of drug-likeness (QED) is 0.319. The van der Waals surface area contributed by atoms with E-state index in [1.54, 1.807) is 18.5 Å². The second-order valence-electron chi connectivity index (χ2n) is 8.96. The van der Waals surface area contributed by atoms with Crippen molar-refractivity contribution < 1.29 is 4.39 Å². The maximum absolute atomic E-state index is 14.5. The minimum absolute atomic E-state index is 0.310. The lowest BCUT2D eigenvalue weighted by molar-refractivity contribution is 0.358. The average molecular weight is 456 g/mol. The lowest BCUT2D eigenvalue weighted by Crippen LogP contribution is -2.47. The van der Waals surface area contributed by atoms with Gasteiger partial charge in [0.2, 0.25) is 0 Å². The van der Waals surface area contributed by atoms with Crippen molar-refractivity contribution in [2.24, 2.45) is 4.99 Å². The number of rotatable bonds is 4. The van der Waals surface area contributed by atoms with E-state index in [2.05, 4.69) is 31.7 Å². The SMILES string of the molecule is C=C(N=C(c1c(N)cncc1C1CC1)N1CCNCC1)c1ccnc2[nH]c3c(F)cccc3c12. The predicted molar refractivity (Wildman–Crippen MR) is 134 cm³/mol. The molecule has 1 aliphatic heterocycles. The number of nitrogens with two attached hydrogens (primary N) is 1. The molecule has 0 bridgehead atoms. The Balaban J connectivity index is 1.53. The minimum Gasteiger partial charge on any atom is -0.397 e. The van der Waals surface area contributed by atoms with E-state index in [-0.39, 0.29) is 5.82 Å². The molecule has 3 aromatic heterocycles. The van der Waals surface area contributed by atoms with Crippen LogP contribution in [0.25, 0.3) is 27.6 Å². The molecule has 0 spiro atoms. The first kappa shape index (κ1) is 20.8. The van der Waals surface area contributed by atoms with Crippen LogP contribution in [0.1, 0.15) is 35.4 Å². The van der Waals surface area contributed by atoms with Crippen molar-refractivity contribution in [1.29, 1.82) is 0 Å². The number of pyridine rings is 2. The molecule has 8 heteroatoms. The molecule has 172 valence electrons.